The van der Waals surface area contributed by atoms with E-state index >= 15 is 0 Å². The van der Waals surface area contributed by atoms with Crippen LogP contribution in [-0.4, -0.2) is 54.4 Å². The summed E-state index contributed by atoms with van der Waals surface area (Å²) in [5.41, 5.74) is 4.06. The Bertz CT molecular complexity index is 1160. The van der Waals surface area contributed by atoms with Crippen molar-refractivity contribution in [3.63, 3.8) is 0 Å². The molecule has 4 rings (SSSR count). The number of carbonyl (C=O) groups is 3. The van der Waals surface area contributed by atoms with Gasteiger partial charge in [-0.3, -0.25) is 4.79 Å². The highest BCUT2D eigenvalue weighted by molar-refractivity contribution is 5.88. The molecule has 1 atom stereocenters. The SMILES string of the molecule is COCC(NC(=O)OCC1c2ccccc2-c2ccccc21)C(=O)NCc1ocnc1C(=O)O. The van der Waals surface area contributed by atoms with E-state index < -0.39 is 24.0 Å². The third-order valence-electron chi connectivity index (χ3n) is 5.55. The Balaban J connectivity index is 1.36. The number of alkyl carbamates (subject to hydrolysis) is 1. The Morgan fingerprint density at radius 1 is 1.09 bits per heavy atom. The van der Waals surface area contributed by atoms with Crippen molar-refractivity contribution in [3.8, 4) is 11.1 Å². The number of ether oxygens (including phenoxy) is 2. The minimum Gasteiger partial charge on any atom is -0.476 e. The van der Waals surface area contributed by atoms with Gasteiger partial charge in [0.15, 0.2) is 17.8 Å². The number of oxazole rings is 1. The van der Waals surface area contributed by atoms with Crippen LogP contribution in [0.1, 0.15) is 33.3 Å². The molecule has 1 aliphatic carbocycles. The molecular weight excluding hydrogens is 442 g/mol. The van der Waals surface area contributed by atoms with Gasteiger partial charge in [0.1, 0.15) is 12.6 Å². The molecule has 3 aromatic rings. The summed E-state index contributed by atoms with van der Waals surface area (Å²) in [4.78, 5) is 39.8. The topological polar surface area (TPSA) is 140 Å². The van der Waals surface area contributed by atoms with E-state index in [4.69, 9.17) is 19.0 Å². The Labute approximate surface area is 194 Å². The molecular formula is C24H23N3O7. The molecule has 0 radical (unpaired) electrons. The maximum Gasteiger partial charge on any atom is 0.407 e. The number of aromatic nitrogens is 1. The van der Waals surface area contributed by atoms with Crippen LogP contribution in [0.5, 0.6) is 0 Å². The monoisotopic (exact) mass is 465 g/mol. The van der Waals surface area contributed by atoms with Gasteiger partial charge < -0.3 is 29.6 Å². The number of carboxylic acids is 1. The Morgan fingerprint density at radius 3 is 2.35 bits per heavy atom. The molecule has 0 fully saturated rings. The molecule has 2 amide bonds. The number of aromatic carboxylic acids is 1. The van der Waals surface area contributed by atoms with Gasteiger partial charge in [-0.25, -0.2) is 14.6 Å². The maximum absolute atomic E-state index is 12.6. The first-order chi connectivity index (χ1) is 16.5. The van der Waals surface area contributed by atoms with Crippen LogP contribution in [-0.2, 0) is 20.8 Å². The average molecular weight is 465 g/mol. The van der Waals surface area contributed by atoms with Crippen molar-refractivity contribution in [2.45, 2.75) is 18.5 Å². The minimum atomic E-state index is -1.27. The molecule has 1 aliphatic rings. The number of carbonyl (C=O) groups excluding carboxylic acids is 2. The number of nitrogens with one attached hydrogen (secondary N) is 2. The zero-order valence-electron chi connectivity index (χ0n) is 18.3. The second-order valence-corrected chi connectivity index (χ2v) is 7.62. The first-order valence-corrected chi connectivity index (χ1v) is 10.5. The van der Waals surface area contributed by atoms with Gasteiger partial charge in [0.25, 0.3) is 0 Å². The highest BCUT2D eigenvalue weighted by Gasteiger charge is 2.30. The summed E-state index contributed by atoms with van der Waals surface area (Å²) in [7, 11) is 1.39. The van der Waals surface area contributed by atoms with E-state index in [1.165, 1.54) is 7.11 Å². The van der Waals surface area contributed by atoms with Crippen LogP contribution in [0.2, 0.25) is 0 Å². The van der Waals surface area contributed by atoms with Crippen molar-refractivity contribution in [3.05, 3.63) is 77.5 Å². The zero-order chi connectivity index (χ0) is 24.1. The average Bonchev–Trinajstić information content (AvgIpc) is 3.44. The van der Waals surface area contributed by atoms with Gasteiger partial charge in [-0.2, -0.15) is 0 Å². The lowest BCUT2D eigenvalue weighted by Gasteiger charge is -2.19. The van der Waals surface area contributed by atoms with Crippen LogP contribution in [0.4, 0.5) is 4.79 Å². The first-order valence-electron chi connectivity index (χ1n) is 10.5. The highest BCUT2D eigenvalue weighted by Crippen LogP contribution is 2.44. The molecule has 1 heterocycles. The van der Waals surface area contributed by atoms with Crippen molar-refractivity contribution in [1.29, 1.82) is 0 Å². The maximum atomic E-state index is 12.6. The van der Waals surface area contributed by atoms with Crippen molar-refractivity contribution >= 4 is 18.0 Å². The highest BCUT2D eigenvalue weighted by atomic mass is 16.5. The van der Waals surface area contributed by atoms with Crippen molar-refractivity contribution in [2.24, 2.45) is 0 Å². The van der Waals surface area contributed by atoms with E-state index in [1.54, 1.807) is 0 Å². The van der Waals surface area contributed by atoms with Gasteiger partial charge in [0, 0.05) is 13.0 Å². The Morgan fingerprint density at radius 2 is 1.74 bits per heavy atom. The van der Waals surface area contributed by atoms with Crippen molar-refractivity contribution in [1.82, 2.24) is 15.6 Å². The summed E-state index contributed by atoms with van der Waals surface area (Å²) in [6.45, 7) is -0.230. The van der Waals surface area contributed by atoms with Gasteiger partial charge in [-0.1, -0.05) is 48.5 Å². The molecule has 3 N–H and O–H groups in total. The molecule has 1 aromatic heterocycles. The van der Waals surface area contributed by atoms with E-state index in [0.29, 0.717) is 0 Å². The molecule has 2 aromatic carbocycles. The third kappa shape index (κ3) is 4.76. The molecule has 34 heavy (non-hydrogen) atoms. The number of methoxy groups -OCH3 is 1. The largest absolute Gasteiger partial charge is 0.476 e. The van der Waals surface area contributed by atoms with Gasteiger partial charge in [0.05, 0.1) is 13.2 Å². The fourth-order valence-corrected chi connectivity index (χ4v) is 3.99. The molecule has 0 aliphatic heterocycles. The van der Waals surface area contributed by atoms with Crippen LogP contribution in [0.15, 0.2) is 59.3 Å². The summed E-state index contributed by atoms with van der Waals surface area (Å²) in [6.07, 6.45) is 0.205. The Hall–Kier alpha value is -4.18. The number of amides is 2. The van der Waals surface area contributed by atoms with Crippen LogP contribution in [0, 0.1) is 0 Å². The number of carboxylic acid groups (broad SMARTS) is 1. The van der Waals surface area contributed by atoms with E-state index in [-0.39, 0.29) is 37.1 Å². The lowest BCUT2D eigenvalue weighted by molar-refractivity contribution is -0.124. The van der Waals surface area contributed by atoms with Gasteiger partial charge in [0.2, 0.25) is 5.91 Å². The summed E-state index contributed by atoms with van der Waals surface area (Å²) in [5.74, 6) is -2.00. The molecule has 1 unspecified atom stereocenters. The predicted octanol–water partition coefficient (Wildman–Crippen LogP) is 2.54. The zero-order valence-corrected chi connectivity index (χ0v) is 18.3. The molecule has 0 bridgehead atoms. The lowest BCUT2D eigenvalue weighted by Crippen LogP contribution is -2.49. The minimum absolute atomic E-state index is 0.0156. The van der Waals surface area contributed by atoms with Crippen LogP contribution in [0.25, 0.3) is 11.1 Å². The normalized spacial score (nSPS) is 13.0. The summed E-state index contributed by atoms with van der Waals surface area (Å²) >= 11 is 0. The van der Waals surface area contributed by atoms with E-state index in [1.807, 2.05) is 48.5 Å². The standard InChI is InChI=1S/C24H23N3O7/c1-32-12-19(22(28)25-10-20-21(23(29)30)26-13-34-20)27-24(31)33-11-18-16-8-4-2-6-14(16)15-7-3-5-9-17(15)18/h2-9,13,18-19H,10-12H2,1H3,(H,25,28)(H,27,31)(H,29,30). The molecule has 10 heteroatoms. The number of hydrogen-bond donors (Lipinski definition) is 3. The smallest absolute Gasteiger partial charge is 0.407 e. The van der Waals surface area contributed by atoms with E-state index in [0.717, 1.165) is 28.6 Å². The number of benzene rings is 2. The predicted molar refractivity (Wildman–Crippen MR) is 119 cm³/mol. The van der Waals surface area contributed by atoms with Crippen LogP contribution >= 0.6 is 0 Å². The number of hydrogen-bond acceptors (Lipinski definition) is 7. The molecule has 176 valence electrons. The summed E-state index contributed by atoms with van der Waals surface area (Å²) in [5, 5.41) is 14.1. The number of rotatable bonds is 9. The molecule has 0 saturated carbocycles. The second kappa shape index (κ2) is 10.2. The summed E-state index contributed by atoms with van der Waals surface area (Å²) < 4.78 is 15.5. The lowest BCUT2D eigenvalue weighted by atomic mass is 9.98. The summed E-state index contributed by atoms with van der Waals surface area (Å²) in [6, 6.07) is 14.9. The fraction of sp³-hybridized carbons (Fsp3) is 0.250. The van der Waals surface area contributed by atoms with Gasteiger partial charge >= 0.3 is 12.1 Å². The van der Waals surface area contributed by atoms with E-state index in [9.17, 15) is 14.4 Å². The second-order valence-electron chi connectivity index (χ2n) is 7.62. The quantitative estimate of drug-likeness (QED) is 0.438. The molecule has 0 saturated heterocycles. The van der Waals surface area contributed by atoms with E-state index in [2.05, 4.69) is 15.6 Å². The van der Waals surface area contributed by atoms with Gasteiger partial charge in [-0.05, 0) is 22.3 Å². The molecule has 0 spiro atoms. The fourth-order valence-electron chi connectivity index (χ4n) is 3.99. The Kier molecular flexibility index (Phi) is 6.88. The molecule has 10 nitrogen and oxygen atoms in total. The third-order valence-corrected chi connectivity index (χ3v) is 5.55. The van der Waals surface area contributed by atoms with Crippen molar-refractivity contribution in [2.75, 3.05) is 20.3 Å². The number of fused-ring (bicyclic) bond motifs is 3. The van der Waals surface area contributed by atoms with Crippen LogP contribution < -0.4 is 10.6 Å². The first kappa shape index (κ1) is 23.0. The van der Waals surface area contributed by atoms with Gasteiger partial charge in [-0.15, -0.1) is 0 Å². The number of nitrogens with zero attached hydrogens (tertiary/aromatic N) is 1. The van der Waals surface area contributed by atoms with Crippen LogP contribution in [0.3, 0.4) is 0 Å². The van der Waals surface area contributed by atoms with Crippen molar-refractivity contribution < 1.29 is 33.4 Å².